The summed E-state index contributed by atoms with van der Waals surface area (Å²) in [6.07, 6.45) is 2.33. The van der Waals surface area contributed by atoms with Crippen molar-refractivity contribution in [2.75, 3.05) is 5.73 Å². The number of aryl methyl sites for hydroxylation is 3. The average Bonchev–Trinajstić information content (AvgIpc) is 1.94. The molecule has 13 rings (SSSR count). The second-order valence-electron chi connectivity index (χ2n) is 21.9. The topological polar surface area (TPSA) is 230 Å². The summed E-state index contributed by atoms with van der Waals surface area (Å²) < 4.78 is 30.6. The zero-order chi connectivity index (χ0) is 62.8. The maximum Gasteiger partial charge on any atom is 0.187 e. The summed E-state index contributed by atoms with van der Waals surface area (Å²) in [5, 5.41) is 23.3. The molecule has 3 atom stereocenters. The zero-order valence-electron chi connectivity index (χ0n) is 49.1. The standard InChI is InChI=1S/C26H21FN4O2.C22H16ClN3O2.C22H19ClN2O3/c1-14(32)11-22-26-24(15(2)31-33-26)20-9-5-17(18-6-10-23(28)29-13-18)12-21(20)25(30-22)16-3-7-19(27)8-4-16;1-12(27)10-19-22-20(13(2)26-28-22)17-9-8-16(24-3)11-18(17)21(25-19)14-4-6-15(23)7-5-14;1-12(27)9-19-22-20(13(2)25-28-22)17-8-3-14(11-26)10-18(17)21(24-19)15-4-6-16(23)7-5-15/h3-10,12-13,22H,11H2,1-2H3,(H2,28,29);4-9,11,19H,10H2,1-2H3;3-8,10,19,26H,9,11H2,1-2H3/t22-;2*19-/m000/s1. The number of nitrogens with two attached hydrogens (primary N) is 1. The van der Waals surface area contributed by atoms with E-state index in [1.54, 1.807) is 49.5 Å². The molecule has 89 heavy (non-hydrogen) atoms. The Bertz CT molecular complexity index is 4540. The molecular formula is C70H56Cl2FN9O7. The molecule has 444 valence electrons. The van der Waals surface area contributed by atoms with Crippen molar-refractivity contribution in [2.45, 2.75) is 85.5 Å². The molecule has 0 fully saturated rings. The third-order valence-corrected chi connectivity index (χ3v) is 15.8. The van der Waals surface area contributed by atoms with Gasteiger partial charge in [0.05, 0.1) is 64.1 Å². The second kappa shape index (κ2) is 25.7. The number of aliphatic imine (C=N–C) groups is 3. The van der Waals surface area contributed by atoms with Gasteiger partial charge in [0.2, 0.25) is 0 Å². The first-order valence-electron chi connectivity index (χ1n) is 28.4. The van der Waals surface area contributed by atoms with E-state index in [2.05, 4.69) is 25.3 Å². The molecule has 4 aromatic heterocycles. The van der Waals surface area contributed by atoms with Gasteiger partial charge in [-0.3, -0.25) is 29.4 Å². The van der Waals surface area contributed by atoms with Crippen LogP contribution >= 0.6 is 23.2 Å². The number of carbonyl (C=O) groups is 3. The van der Waals surface area contributed by atoms with Crippen LogP contribution in [0.25, 0.3) is 49.4 Å². The minimum atomic E-state index is -0.534. The van der Waals surface area contributed by atoms with Crippen LogP contribution in [-0.2, 0) is 21.0 Å². The van der Waals surface area contributed by atoms with Gasteiger partial charge >= 0.3 is 0 Å². The predicted molar refractivity (Wildman–Crippen MR) is 340 cm³/mol. The van der Waals surface area contributed by atoms with E-state index in [0.29, 0.717) is 50.3 Å². The number of fused-ring (bicyclic) bond motifs is 9. The lowest BCUT2D eigenvalue weighted by Crippen LogP contribution is -2.08. The summed E-state index contributed by atoms with van der Waals surface area (Å²) in [6, 6.07) is 40.4. The Kier molecular flexibility index (Phi) is 17.5. The summed E-state index contributed by atoms with van der Waals surface area (Å²) >= 11 is 12.1. The first-order valence-corrected chi connectivity index (χ1v) is 29.1. The quantitative estimate of drug-likeness (QED) is 0.115. The third-order valence-electron chi connectivity index (χ3n) is 15.3. The number of anilines is 1. The first-order chi connectivity index (χ1) is 42.8. The van der Waals surface area contributed by atoms with Crippen LogP contribution in [0.2, 0.25) is 10.0 Å². The molecule has 3 aliphatic heterocycles. The molecule has 0 amide bonds. The number of aliphatic hydroxyl groups excluding tert-OH is 1. The fourth-order valence-corrected chi connectivity index (χ4v) is 11.5. The molecule has 0 saturated carbocycles. The van der Waals surface area contributed by atoms with Crippen LogP contribution in [0.15, 0.2) is 174 Å². The number of ketones is 3. The number of benzene rings is 6. The van der Waals surface area contributed by atoms with E-state index in [0.717, 1.165) is 106 Å². The highest BCUT2D eigenvalue weighted by Gasteiger charge is 2.35. The van der Waals surface area contributed by atoms with Gasteiger partial charge in [0.15, 0.2) is 23.0 Å². The lowest BCUT2D eigenvalue weighted by atomic mass is 9.90. The van der Waals surface area contributed by atoms with E-state index in [1.807, 2.05) is 112 Å². The Morgan fingerprint density at radius 3 is 1.30 bits per heavy atom. The van der Waals surface area contributed by atoms with Gasteiger partial charge in [-0.15, -0.1) is 0 Å². The van der Waals surface area contributed by atoms with Crippen molar-refractivity contribution in [3.63, 3.8) is 0 Å². The Balaban J connectivity index is 0.000000138. The van der Waals surface area contributed by atoms with E-state index < -0.39 is 18.1 Å². The molecule has 3 N–H and O–H groups in total. The molecule has 0 bridgehead atoms. The summed E-state index contributed by atoms with van der Waals surface area (Å²) in [5.74, 6) is 1.86. The Morgan fingerprint density at radius 2 is 0.899 bits per heavy atom. The van der Waals surface area contributed by atoms with Crippen LogP contribution in [0.4, 0.5) is 15.9 Å². The minimum absolute atomic E-state index is 0.0111. The molecule has 0 spiro atoms. The number of Topliss-reactive ketones (excluding diaryl/α,β-unsaturated/α-hetero) is 3. The second-order valence-corrected chi connectivity index (χ2v) is 22.7. The molecule has 0 radical (unpaired) electrons. The molecule has 10 aromatic rings. The van der Waals surface area contributed by atoms with Gasteiger partial charge in [-0.25, -0.2) is 14.2 Å². The van der Waals surface area contributed by atoms with Crippen molar-refractivity contribution < 1.29 is 37.4 Å². The normalized spacial score (nSPS) is 15.1. The fraction of sp³-hybridized carbons (Fsp3) is 0.186. The van der Waals surface area contributed by atoms with Crippen LogP contribution in [0, 0.1) is 33.2 Å². The number of hydrogen-bond donors (Lipinski definition) is 2. The number of nitrogen functional groups attached to an aromatic ring is 1. The van der Waals surface area contributed by atoms with Crippen LogP contribution < -0.4 is 5.73 Å². The number of pyridine rings is 1. The van der Waals surface area contributed by atoms with E-state index in [-0.39, 0.29) is 49.0 Å². The molecule has 3 aliphatic rings. The number of aromatic nitrogens is 4. The van der Waals surface area contributed by atoms with E-state index in [1.165, 1.54) is 26.0 Å². The largest absolute Gasteiger partial charge is 0.392 e. The molecule has 0 unspecified atom stereocenters. The Morgan fingerprint density at radius 1 is 0.517 bits per heavy atom. The molecular weight excluding hydrogens is 1170 g/mol. The number of nitrogens with zero attached hydrogens (tertiary/aromatic N) is 8. The minimum Gasteiger partial charge on any atom is -0.392 e. The third kappa shape index (κ3) is 12.7. The molecule has 7 heterocycles. The monoisotopic (exact) mass is 1220 g/mol. The fourth-order valence-electron chi connectivity index (χ4n) is 11.3. The predicted octanol–water partition coefficient (Wildman–Crippen LogP) is 15.7. The highest BCUT2D eigenvalue weighted by atomic mass is 35.5. The molecule has 0 aliphatic carbocycles. The highest BCUT2D eigenvalue weighted by molar-refractivity contribution is 6.31. The maximum absolute atomic E-state index is 13.7. The molecule has 0 saturated heterocycles. The van der Waals surface area contributed by atoms with Crippen LogP contribution in [0.3, 0.4) is 0 Å². The maximum atomic E-state index is 13.7. The SMILES string of the molecule is CC(=O)C[C@@H]1N=C(c2ccc(Cl)cc2)c2cc(CO)ccc2-c2c(C)noc21.CC(=O)C[C@@H]1N=C(c2ccc(F)cc2)c2cc(-c3ccc(N)nc3)ccc2-c2c(C)noc21.[C-]#[N+]c1ccc2c(c1)C(c1ccc(Cl)cc1)=N[C@@H](CC(C)=O)c1onc(C)c1-2. The van der Waals surface area contributed by atoms with Crippen molar-refractivity contribution in [2.24, 2.45) is 15.0 Å². The van der Waals surface area contributed by atoms with Crippen LogP contribution in [-0.4, -0.2) is 60.0 Å². The number of aliphatic hydroxyl groups is 1. The van der Waals surface area contributed by atoms with E-state index in [9.17, 15) is 23.9 Å². The smallest absolute Gasteiger partial charge is 0.187 e. The van der Waals surface area contributed by atoms with Crippen LogP contribution in [0.5, 0.6) is 0 Å². The number of halogens is 3. The first kappa shape index (κ1) is 60.6. The van der Waals surface area contributed by atoms with E-state index >= 15 is 0 Å². The Hall–Kier alpha value is -10.1. The van der Waals surface area contributed by atoms with Crippen LogP contribution in [0.1, 0.15) is 131 Å². The van der Waals surface area contributed by atoms with Gasteiger partial charge in [-0.05, 0) is 154 Å². The summed E-state index contributed by atoms with van der Waals surface area (Å²) in [7, 11) is 0. The van der Waals surface area contributed by atoms with Gasteiger partial charge in [-0.2, -0.15) is 0 Å². The highest BCUT2D eigenvalue weighted by Crippen LogP contribution is 2.45. The van der Waals surface area contributed by atoms with Crippen molar-refractivity contribution in [3.05, 3.63) is 246 Å². The van der Waals surface area contributed by atoms with Gasteiger partial charge in [0.1, 0.15) is 47.1 Å². The molecule has 16 nitrogen and oxygen atoms in total. The summed E-state index contributed by atoms with van der Waals surface area (Å²) in [4.78, 5) is 58.5. The average molecular weight is 1230 g/mol. The number of carbonyl (C=O) groups excluding carboxylic acids is 3. The van der Waals surface area contributed by atoms with Gasteiger partial charge < -0.3 is 24.4 Å². The van der Waals surface area contributed by atoms with Crippen molar-refractivity contribution >= 4 is 69.2 Å². The van der Waals surface area contributed by atoms with Crippen molar-refractivity contribution in [3.8, 4) is 44.5 Å². The van der Waals surface area contributed by atoms with E-state index in [4.69, 9.17) is 64.1 Å². The van der Waals surface area contributed by atoms with Crippen molar-refractivity contribution in [1.82, 2.24) is 20.5 Å². The molecule has 19 heteroatoms. The lowest BCUT2D eigenvalue weighted by molar-refractivity contribution is -0.118. The number of rotatable bonds is 11. The number of hydrogen-bond acceptors (Lipinski definition) is 15. The molecule has 6 aromatic carbocycles. The lowest BCUT2D eigenvalue weighted by Gasteiger charge is -2.13. The van der Waals surface area contributed by atoms with Gasteiger partial charge in [0.25, 0.3) is 0 Å². The summed E-state index contributed by atoms with van der Waals surface area (Å²) in [5.41, 5.74) is 23.4. The summed E-state index contributed by atoms with van der Waals surface area (Å²) in [6.45, 7) is 17.5. The Labute approximate surface area is 521 Å². The zero-order valence-corrected chi connectivity index (χ0v) is 50.6. The van der Waals surface area contributed by atoms with Crippen molar-refractivity contribution in [1.29, 1.82) is 0 Å². The van der Waals surface area contributed by atoms with Gasteiger partial charge in [-0.1, -0.05) is 99.3 Å². The van der Waals surface area contributed by atoms with Gasteiger partial charge in [0, 0.05) is 68.9 Å².